The lowest BCUT2D eigenvalue weighted by Crippen LogP contribution is -2.51. The molecule has 0 amide bonds. The number of hydrogen-bond acceptors (Lipinski definition) is 9. The van der Waals surface area contributed by atoms with Crippen LogP contribution in [0, 0.1) is 0 Å². The van der Waals surface area contributed by atoms with Crippen LogP contribution in [0.1, 0.15) is 25.7 Å². The van der Waals surface area contributed by atoms with Gasteiger partial charge in [-0.25, -0.2) is 24.4 Å². The van der Waals surface area contributed by atoms with Gasteiger partial charge in [-0.2, -0.15) is 39.5 Å². The number of anilines is 1. The van der Waals surface area contributed by atoms with Gasteiger partial charge in [-0.05, 0) is 38.8 Å². The standard InChI is InChI=1S/C18H29N5O.3C2HF3O2/c1-21-10-12-22(13-11-21)14-16-4-2-5-18(24-16)6-9-23(15-18)17-19-7-3-8-20-17;3*3-2(4,5)1(6)7/h3,7-8,16H,2,4-6,9-15H2,1H3;3*(H,6,7)/t16-,18-;;;/m1.../s1. The van der Waals surface area contributed by atoms with Crippen LogP contribution in [0.4, 0.5) is 45.5 Å². The van der Waals surface area contributed by atoms with Gasteiger partial charge < -0.3 is 29.9 Å². The molecule has 0 unspecified atom stereocenters. The first-order chi connectivity index (χ1) is 20.6. The highest BCUT2D eigenvalue weighted by Crippen LogP contribution is 2.37. The maximum Gasteiger partial charge on any atom is 0.490 e. The molecule has 12 nitrogen and oxygen atoms in total. The van der Waals surface area contributed by atoms with Crippen LogP contribution in [0.5, 0.6) is 0 Å². The van der Waals surface area contributed by atoms with Gasteiger partial charge in [0.15, 0.2) is 0 Å². The lowest BCUT2D eigenvalue weighted by atomic mass is 9.90. The Hall–Kier alpha value is -3.46. The zero-order valence-electron chi connectivity index (χ0n) is 23.7. The third-order valence-electron chi connectivity index (χ3n) is 6.51. The van der Waals surface area contributed by atoms with E-state index in [2.05, 4.69) is 31.7 Å². The van der Waals surface area contributed by atoms with Crippen molar-refractivity contribution in [2.75, 3.05) is 57.8 Å². The van der Waals surface area contributed by atoms with E-state index in [0.29, 0.717) is 6.10 Å². The summed E-state index contributed by atoms with van der Waals surface area (Å²) < 4.78 is 102. The average Bonchev–Trinajstić information content (AvgIpc) is 3.33. The number of nitrogens with zero attached hydrogens (tertiary/aromatic N) is 5. The molecule has 0 bridgehead atoms. The Labute approximate surface area is 250 Å². The number of halogens is 9. The van der Waals surface area contributed by atoms with Crippen molar-refractivity contribution < 1.29 is 74.0 Å². The molecule has 3 aliphatic rings. The third-order valence-corrected chi connectivity index (χ3v) is 6.51. The molecule has 45 heavy (non-hydrogen) atoms. The molecule has 1 aromatic rings. The van der Waals surface area contributed by atoms with Gasteiger partial charge in [0, 0.05) is 58.2 Å². The molecule has 21 heteroatoms. The second-order valence-electron chi connectivity index (χ2n) is 10.0. The maximum absolute atomic E-state index is 10.6. The fourth-order valence-corrected chi connectivity index (χ4v) is 4.34. The van der Waals surface area contributed by atoms with Crippen LogP contribution in [0.3, 0.4) is 0 Å². The monoisotopic (exact) mass is 673 g/mol. The number of hydrogen-bond donors (Lipinski definition) is 3. The number of aliphatic carboxylic acids is 3. The number of likely N-dealkylation sites (N-methyl/N-ethyl adjacent to an activating group) is 1. The van der Waals surface area contributed by atoms with Gasteiger partial charge >= 0.3 is 36.4 Å². The highest BCUT2D eigenvalue weighted by molar-refractivity contribution is 5.73. The zero-order valence-corrected chi connectivity index (χ0v) is 23.7. The Morgan fingerprint density at radius 2 is 1.27 bits per heavy atom. The summed E-state index contributed by atoms with van der Waals surface area (Å²) in [6, 6.07) is 1.87. The molecule has 3 N–H and O–H groups in total. The van der Waals surface area contributed by atoms with E-state index in [-0.39, 0.29) is 5.60 Å². The molecule has 0 radical (unpaired) electrons. The molecule has 2 atom stereocenters. The van der Waals surface area contributed by atoms with E-state index in [1.54, 1.807) is 0 Å². The van der Waals surface area contributed by atoms with Crippen molar-refractivity contribution in [3.63, 3.8) is 0 Å². The van der Waals surface area contributed by atoms with Crippen molar-refractivity contribution in [3.05, 3.63) is 18.5 Å². The van der Waals surface area contributed by atoms with Gasteiger partial charge in [0.1, 0.15) is 0 Å². The van der Waals surface area contributed by atoms with Crippen molar-refractivity contribution in [3.8, 4) is 0 Å². The minimum absolute atomic E-state index is 0.0225. The molecule has 0 aromatic carbocycles. The molecule has 3 fully saturated rings. The largest absolute Gasteiger partial charge is 0.490 e. The predicted molar refractivity (Wildman–Crippen MR) is 135 cm³/mol. The van der Waals surface area contributed by atoms with Crippen LogP contribution < -0.4 is 4.90 Å². The van der Waals surface area contributed by atoms with E-state index >= 15 is 0 Å². The highest BCUT2D eigenvalue weighted by atomic mass is 19.4. The van der Waals surface area contributed by atoms with Crippen LogP contribution in [-0.2, 0) is 19.1 Å². The molecular formula is C24H32F9N5O7. The summed E-state index contributed by atoms with van der Waals surface area (Å²) in [5.41, 5.74) is 0.0225. The summed E-state index contributed by atoms with van der Waals surface area (Å²) >= 11 is 0. The lowest BCUT2D eigenvalue weighted by Gasteiger charge is -2.41. The SMILES string of the molecule is CN1CCN(C[C@H]2CCC[C@]3(CCN(c4ncccn4)C3)O2)CC1.O=C(O)C(F)(F)F.O=C(O)C(F)(F)F.O=C(O)C(F)(F)F. The summed E-state index contributed by atoms with van der Waals surface area (Å²) in [7, 11) is 2.21. The van der Waals surface area contributed by atoms with Gasteiger partial charge in [0.25, 0.3) is 0 Å². The number of carbonyl (C=O) groups is 3. The quantitative estimate of drug-likeness (QED) is 0.404. The number of aromatic nitrogens is 2. The number of rotatable bonds is 3. The molecular weight excluding hydrogens is 641 g/mol. The van der Waals surface area contributed by atoms with Crippen molar-refractivity contribution in [1.29, 1.82) is 0 Å². The topological polar surface area (TPSA) is 157 Å². The van der Waals surface area contributed by atoms with Crippen molar-refractivity contribution in [1.82, 2.24) is 19.8 Å². The molecule has 3 saturated heterocycles. The second-order valence-corrected chi connectivity index (χ2v) is 10.0. The molecule has 1 spiro atoms. The smallest absolute Gasteiger partial charge is 0.475 e. The van der Waals surface area contributed by atoms with Gasteiger partial charge in [0.05, 0.1) is 11.7 Å². The van der Waals surface area contributed by atoms with Crippen LogP contribution in [0.2, 0.25) is 0 Å². The minimum Gasteiger partial charge on any atom is -0.475 e. The van der Waals surface area contributed by atoms with E-state index in [9.17, 15) is 39.5 Å². The van der Waals surface area contributed by atoms with Crippen LogP contribution in [0.25, 0.3) is 0 Å². The van der Waals surface area contributed by atoms with E-state index in [4.69, 9.17) is 34.4 Å². The Morgan fingerprint density at radius 3 is 1.69 bits per heavy atom. The third kappa shape index (κ3) is 14.9. The number of ether oxygens (including phenoxy) is 1. The van der Waals surface area contributed by atoms with Gasteiger partial charge in [-0.1, -0.05) is 0 Å². The lowest BCUT2D eigenvalue weighted by molar-refractivity contribution is -0.193. The summed E-state index contributed by atoms with van der Waals surface area (Å²) in [5.74, 6) is -7.42. The van der Waals surface area contributed by atoms with Crippen LogP contribution >= 0.6 is 0 Å². The molecule has 4 heterocycles. The van der Waals surface area contributed by atoms with E-state index in [1.807, 2.05) is 18.5 Å². The molecule has 3 aliphatic heterocycles. The maximum atomic E-state index is 10.6. The van der Waals surface area contributed by atoms with Crippen molar-refractivity contribution in [2.45, 2.75) is 55.9 Å². The van der Waals surface area contributed by atoms with Gasteiger partial charge in [-0.3, -0.25) is 4.90 Å². The number of carboxylic acids is 3. The van der Waals surface area contributed by atoms with Crippen LogP contribution in [0.15, 0.2) is 18.5 Å². The second kappa shape index (κ2) is 16.7. The van der Waals surface area contributed by atoms with Gasteiger partial charge in [0.2, 0.25) is 5.95 Å². The summed E-state index contributed by atoms with van der Waals surface area (Å²) in [6.45, 7) is 7.74. The highest BCUT2D eigenvalue weighted by Gasteiger charge is 2.44. The number of alkyl halides is 9. The zero-order chi connectivity index (χ0) is 34.6. The first kappa shape index (κ1) is 39.6. The van der Waals surface area contributed by atoms with Gasteiger partial charge in [-0.15, -0.1) is 0 Å². The summed E-state index contributed by atoms with van der Waals surface area (Å²) in [6.07, 6.45) is -6.45. The van der Waals surface area contributed by atoms with Crippen molar-refractivity contribution in [2.24, 2.45) is 0 Å². The fraction of sp³-hybridized carbons (Fsp3) is 0.708. The number of piperazine rings is 1. The fourth-order valence-electron chi connectivity index (χ4n) is 4.34. The first-order valence-electron chi connectivity index (χ1n) is 13.1. The predicted octanol–water partition coefficient (Wildman–Crippen LogP) is 3.14. The van der Waals surface area contributed by atoms with E-state index in [1.165, 1.54) is 45.4 Å². The van der Waals surface area contributed by atoms with Crippen LogP contribution in [-0.4, -0.2) is 136 Å². The minimum atomic E-state index is -5.08. The Morgan fingerprint density at radius 1 is 0.822 bits per heavy atom. The Balaban J connectivity index is 0.000000396. The van der Waals surface area contributed by atoms with Crippen molar-refractivity contribution >= 4 is 23.9 Å². The Kier molecular flexibility index (Phi) is 14.7. The average molecular weight is 674 g/mol. The molecule has 0 aliphatic carbocycles. The number of carboxylic acid groups (broad SMARTS) is 3. The first-order valence-corrected chi connectivity index (χ1v) is 13.1. The summed E-state index contributed by atoms with van der Waals surface area (Å²) in [5, 5.41) is 21.4. The Bertz CT molecular complexity index is 1030. The normalized spacial score (nSPS) is 22.6. The molecule has 258 valence electrons. The molecule has 1 aromatic heterocycles. The molecule has 4 rings (SSSR count). The van der Waals surface area contributed by atoms with E-state index < -0.39 is 36.4 Å². The van der Waals surface area contributed by atoms with E-state index in [0.717, 1.165) is 32.0 Å². The summed E-state index contributed by atoms with van der Waals surface area (Å²) in [4.78, 5) is 42.8. The molecule has 0 saturated carbocycles.